The molecule has 0 heterocycles. The molecule has 0 aromatic heterocycles. The van der Waals surface area contributed by atoms with Gasteiger partial charge in [-0.15, -0.1) is 0 Å². The smallest absolute Gasteiger partial charge is 0.0792 e. The van der Waals surface area contributed by atoms with Crippen molar-refractivity contribution in [3.05, 3.63) is 0 Å². The Morgan fingerprint density at radius 1 is 0.923 bits per heavy atom. The van der Waals surface area contributed by atoms with Crippen LogP contribution in [0.4, 0.5) is 0 Å². The van der Waals surface area contributed by atoms with Crippen LogP contribution in [0.2, 0.25) is 0 Å². The van der Waals surface area contributed by atoms with Crippen LogP contribution in [-0.2, 0) is 0 Å². The van der Waals surface area contributed by atoms with Gasteiger partial charge in [-0.25, -0.2) is 0 Å². The maximum Gasteiger partial charge on any atom is 0.0792 e. The van der Waals surface area contributed by atoms with E-state index in [9.17, 15) is 0 Å². The molecule has 0 aromatic carbocycles. The number of rotatable bonds is 5. The second kappa shape index (κ2) is 11.8. The second-order valence-corrected chi connectivity index (χ2v) is 2.71. The van der Waals surface area contributed by atoms with Crippen LogP contribution in [0.15, 0.2) is 0 Å². The normalized spacial score (nSPS) is 14.3. The molecule has 0 saturated carbocycles. The van der Waals surface area contributed by atoms with Crippen LogP contribution in [0, 0.1) is 0 Å². The molecule has 0 spiro atoms. The van der Waals surface area contributed by atoms with Crippen molar-refractivity contribution in [2.24, 2.45) is 0 Å². The predicted octanol–water partition coefficient (Wildman–Crippen LogP) is -1.53. The molecule has 0 saturated heterocycles. The Labute approximate surface area is 78.3 Å². The minimum Gasteiger partial charge on any atom is -0.396 e. The number of hydrogen-bond acceptors (Lipinski definition) is 5. The van der Waals surface area contributed by atoms with E-state index in [4.69, 9.17) is 25.5 Å². The third-order valence-electron chi connectivity index (χ3n) is 1.22. The summed E-state index contributed by atoms with van der Waals surface area (Å²) in [7, 11) is 0. The summed E-state index contributed by atoms with van der Waals surface area (Å²) in [6.07, 6.45) is -0.351. The first kappa shape index (κ1) is 15.3. The van der Waals surface area contributed by atoms with E-state index in [0.717, 1.165) is 0 Å². The average Bonchev–Trinajstić information content (AvgIpc) is 2.05. The summed E-state index contributed by atoms with van der Waals surface area (Å²) in [6.45, 7) is 1.40. The summed E-state index contributed by atoms with van der Waals surface area (Å²) >= 11 is 0. The van der Waals surface area contributed by atoms with Gasteiger partial charge in [0, 0.05) is 13.2 Å². The molecule has 82 valence electrons. The molecule has 0 amide bonds. The Bertz CT molecular complexity index is 86.6. The predicted molar refractivity (Wildman–Crippen MR) is 48.2 cm³/mol. The van der Waals surface area contributed by atoms with Crippen LogP contribution in [-0.4, -0.2) is 57.6 Å². The molecule has 0 aliphatic carbocycles. The highest BCUT2D eigenvalue weighted by atomic mass is 16.3. The zero-order chi connectivity index (χ0) is 10.7. The SMILES string of the molecule is CC(O)CCO.OCCC(O)CO. The number of aliphatic hydroxyl groups excluding tert-OH is 5. The monoisotopic (exact) mass is 196 g/mol. The van der Waals surface area contributed by atoms with Crippen molar-refractivity contribution in [3.8, 4) is 0 Å². The van der Waals surface area contributed by atoms with E-state index >= 15 is 0 Å². The van der Waals surface area contributed by atoms with Gasteiger partial charge < -0.3 is 25.5 Å². The summed E-state index contributed by atoms with van der Waals surface area (Å²) < 4.78 is 0. The fourth-order valence-corrected chi connectivity index (χ4v) is 0.427. The third-order valence-corrected chi connectivity index (χ3v) is 1.22. The quantitative estimate of drug-likeness (QED) is 0.367. The zero-order valence-corrected chi connectivity index (χ0v) is 7.93. The van der Waals surface area contributed by atoms with Gasteiger partial charge in [0.05, 0.1) is 18.8 Å². The van der Waals surface area contributed by atoms with E-state index in [1.165, 1.54) is 0 Å². The molecule has 2 unspecified atom stereocenters. The molecule has 2 atom stereocenters. The maximum absolute atomic E-state index is 8.45. The Balaban J connectivity index is 0. The van der Waals surface area contributed by atoms with Crippen molar-refractivity contribution in [3.63, 3.8) is 0 Å². The van der Waals surface area contributed by atoms with Crippen molar-refractivity contribution in [2.45, 2.75) is 32.0 Å². The van der Waals surface area contributed by atoms with Crippen molar-refractivity contribution in [2.75, 3.05) is 19.8 Å². The Morgan fingerprint density at radius 3 is 1.46 bits per heavy atom. The van der Waals surface area contributed by atoms with Gasteiger partial charge in [0.2, 0.25) is 0 Å². The minimum absolute atomic E-state index is 0.0677. The topological polar surface area (TPSA) is 101 Å². The van der Waals surface area contributed by atoms with Gasteiger partial charge in [0.1, 0.15) is 0 Å². The minimum atomic E-state index is -0.745. The molecule has 0 fully saturated rings. The fraction of sp³-hybridized carbons (Fsp3) is 1.00. The molecule has 0 radical (unpaired) electrons. The van der Waals surface area contributed by atoms with E-state index < -0.39 is 6.10 Å². The summed E-state index contributed by atoms with van der Waals surface area (Å²) in [4.78, 5) is 0. The third kappa shape index (κ3) is 18.6. The molecule has 0 aliphatic rings. The first-order valence-electron chi connectivity index (χ1n) is 4.27. The molecule has 5 heteroatoms. The Morgan fingerprint density at radius 2 is 1.38 bits per heavy atom. The molecule has 13 heavy (non-hydrogen) atoms. The van der Waals surface area contributed by atoms with Gasteiger partial charge in [-0.2, -0.15) is 0 Å². The number of hydrogen-bond donors (Lipinski definition) is 5. The maximum atomic E-state index is 8.45. The van der Waals surface area contributed by atoms with Crippen LogP contribution >= 0.6 is 0 Å². The average molecular weight is 196 g/mol. The van der Waals surface area contributed by atoms with Crippen LogP contribution in [0.25, 0.3) is 0 Å². The lowest BCUT2D eigenvalue weighted by Crippen LogP contribution is -2.12. The van der Waals surface area contributed by atoms with E-state index in [1.807, 2.05) is 0 Å². The highest BCUT2D eigenvalue weighted by molar-refractivity contribution is 4.48. The highest BCUT2D eigenvalue weighted by Gasteiger charge is 1.96. The van der Waals surface area contributed by atoms with Gasteiger partial charge >= 0.3 is 0 Å². The van der Waals surface area contributed by atoms with E-state index in [1.54, 1.807) is 6.92 Å². The van der Waals surface area contributed by atoms with E-state index in [0.29, 0.717) is 6.42 Å². The Hall–Kier alpha value is -0.200. The summed E-state index contributed by atoms with van der Waals surface area (Å²) in [5.41, 5.74) is 0. The lowest BCUT2D eigenvalue weighted by Gasteiger charge is -2.00. The van der Waals surface area contributed by atoms with Crippen molar-refractivity contribution in [1.82, 2.24) is 0 Å². The van der Waals surface area contributed by atoms with Crippen molar-refractivity contribution >= 4 is 0 Å². The van der Waals surface area contributed by atoms with E-state index in [2.05, 4.69) is 0 Å². The first-order chi connectivity index (χ1) is 6.08. The molecule has 0 bridgehead atoms. The van der Waals surface area contributed by atoms with Gasteiger partial charge in [-0.05, 0) is 19.8 Å². The number of aliphatic hydroxyl groups is 5. The molecule has 0 rings (SSSR count). The van der Waals surface area contributed by atoms with Gasteiger partial charge in [-0.1, -0.05) is 0 Å². The first-order valence-corrected chi connectivity index (χ1v) is 4.27. The zero-order valence-electron chi connectivity index (χ0n) is 7.93. The van der Waals surface area contributed by atoms with Gasteiger partial charge in [-0.3, -0.25) is 0 Å². The largest absolute Gasteiger partial charge is 0.396 e. The molecule has 0 aliphatic heterocycles. The fourth-order valence-electron chi connectivity index (χ4n) is 0.427. The van der Waals surface area contributed by atoms with Crippen LogP contribution in [0.3, 0.4) is 0 Å². The van der Waals surface area contributed by atoms with Gasteiger partial charge in [0.25, 0.3) is 0 Å². The Kier molecular flexibility index (Phi) is 13.9. The van der Waals surface area contributed by atoms with Crippen LogP contribution < -0.4 is 0 Å². The molecular formula is C8H20O5. The van der Waals surface area contributed by atoms with Crippen molar-refractivity contribution in [1.29, 1.82) is 0 Å². The van der Waals surface area contributed by atoms with Crippen LogP contribution in [0.5, 0.6) is 0 Å². The van der Waals surface area contributed by atoms with E-state index in [-0.39, 0.29) is 32.3 Å². The second-order valence-electron chi connectivity index (χ2n) is 2.71. The highest BCUT2D eigenvalue weighted by Crippen LogP contribution is 1.85. The molecule has 5 nitrogen and oxygen atoms in total. The van der Waals surface area contributed by atoms with Crippen LogP contribution in [0.1, 0.15) is 19.8 Å². The summed E-state index contributed by atoms with van der Waals surface area (Å²) in [6, 6.07) is 0. The molecule has 5 N–H and O–H groups in total. The molecular weight excluding hydrogens is 176 g/mol. The van der Waals surface area contributed by atoms with Crippen molar-refractivity contribution < 1.29 is 25.5 Å². The lowest BCUT2D eigenvalue weighted by atomic mass is 10.3. The van der Waals surface area contributed by atoms with Gasteiger partial charge in [0.15, 0.2) is 0 Å². The standard InChI is InChI=1S/C4H10O3.C4H10O2/c5-2-1-4(7)3-6;1-4(6)2-3-5/h4-7H,1-3H2;4-6H,2-3H2,1H3. The summed E-state index contributed by atoms with van der Waals surface area (Å²) in [5, 5.41) is 41.1. The summed E-state index contributed by atoms with van der Waals surface area (Å²) in [5.74, 6) is 0. The lowest BCUT2D eigenvalue weighted by molar-refractivity contribution is 0.0721. The molecule has 0 aromatic rings.